The summed E-state index contributed by atoms with van der Waals surface area (Å²) in [6.07, 6.45) is 2.03. The summed E-state index contributed by atoms with van der Waals surface area (Å²) < 4.78 is 30.8. The highest BCUT2D eigenvalue weighted by Gasteiger charge is 2.26. The second-order valence-electron chi connectivity index (χ2n) is 8.53. The first kappa shape index (κ1) is 22.1. The second-order valence-corrected chi connectivity index (χ2v) is 8.53. The average molecular weight is 440 g/mol. The van der Waals surface area contributed by atoms with Crippen LogP contribution in [0.15, 0.2) is 42.6 Å². The first-order chi connectivity index (χ1) is 15.4. The minimum atomic E-state index is -0.443. The van der Waals surface area contributed by atoms with Crippen LogP contribution in [0.25, 0.3) is 5.69 Å². The maximum atomic E-state index is 14.6. The molecule has 1 N–H and O–H groups in total. The predicted octanol–water partition coefficient (Wildman–Crippen LogP) is 3.73. The van der Waals surface area contributed by atoms with Crippen molar-refractivity contribution in [2.45, 2.75) is 51.7 Å². The monoisotopic (exact) mass is 439 g/mol. The average Bonchev–Trinajstić information content (AvgIpc) is 3.16. The summed E-state index contributed by atoms with van der Waals surface area (Å²) in [6, 6.07) is 9.97. The van der Waals surface area contributed by atoms with Gasteiger partial charge in [-0.05, 0) is 54.3 Å². The topological polar surface area (TPSA) is 63.1 Å². The Hall–Kier alpha value is -3.13. The van der Waals surface area contributed by atoms with E-state index in [4.69, 9.17) is 0 Å². The number of nitrogens with one attached hydrogen (secondary N) is 1. The third-order valence-corrected chi connectivity index (χ3v) is 5.99. The van der Waals surface area contributed by atoms with Gasteiger partial charge in [-0.1, -0.05) is 37.3 Å². The van der Waals surface area contributed by atoms with Gasteiger partial charge in [-0.2, -0.15) is 0 Å². The van der Waals surface area contributed by atoms with Gasteiger partial charge in [-0.15, -0.1) is 5.10 Å². The smallest absolute Gasteiger partial charge is 0.224 e. The molecule has 1 aliphatic heterocycles. The molecule has 168 valence electrons. The maximum absolute atomic E-state index is 14.6. The van der Waals surface area contributed by atoms with Crippen molar-refractivity contribution in [3.63, 3.8) is 0 Å². The molecule has 0 unspecified atom stereocenters. The maximum Gasteiger partial charge on any atom is 0.224 e. The van der Waals surface area contributed by atoms with Crippen molar-refractivity contribution < 1.29 is 13.6 Å². The summed E-state index contributed by atoms with van der Waals surface area (Å²) in [7, 11) is 1.73. The number of fused-ring (bicyclic) bond motifs is 3. The minimum absolute atomic E-state index is 0.0755. The molecule has 1 amide bonds. The molecule has 0 radical (unpaired) electrons. The third-order valence-electron chi connectivity index (χ3n) is 5.99. The molecule has 2 heterocycles. The number of carbonyl (C=O) groups excluding carboxylic acids is 1. The number of hydrogen-bond donors (Lipinski definition) is 1. The van der Waals surface area contributed by atoms with E-state index in [1.165, 1.54) is 12.1 Å². The number of para-hydroxylation sites is 1. The van der Waals surface area contributed by atoms with Crippen LogP contribution in [0.5, 0.6) is 0 Å². The van der Waals surface area contributed by atoms with Crippen molar-refractivity contribution in [1.29, 1.82) is 0 Å². The lowest BCUT2D eigenvalue weighted by atomic mass is 9.96. The summed E-state index contributed by atoms with van der Waals surface area (Å²) in [6.45, 7) is 4.48. The van der Waals surface area contributed by atoms with Crippen LogP contribution >= 0.6 is 0 Å². The summed E-state index contributed by atoms with van der Waals surface area (Å²) in [5, 5.41) is 11.2. The molecule has 0 spiro atoms. The van der Waals surface area contributed by atoms with E-state index in [1.807, 2.05) is 38.1 Å². The van der Waals surface area contributed by atoms with Gasteiger partial charge in [0.1, 0.15) is 11.6 Å². The molecule has 1 aliphatic rings. The van der Waals surface area contributed by atoms with Crippen molar-refractivity contribution in [2.75, 3.05) is 7.05 Å². The van der Waals surface area contributed by atoms with Gasteiger partial charge in [-0.25, -0.2) is 13.5 Å². The molecular weight excluding hydrogens is 412 g/mol. The fourth-order valence-electron chi connectivity index (χ4n) is 4.14. The standard InChI is InChI=1S/C24H27F2N5O/c1-15(2)20-11-21(25)17(9-22(20)26)8-18(27-3)10-24(32)30-13-16-6-4-5-7-23(16)31-19(14-30)12-28-29-31/h4-7,9,11-12,15,18,27H,8,10,13-14H2,1-3H3/t18-/m1/s1. The van der Waals surface area contributed by atoms with E-state index >= 15 is 0 Å². The predicted molar refractivity (Wildman–Crippen MR) is 117 cm³/mol. The number of aromatic nitrogens is 3. The largest absolute Gasteiger partial charge is 0.332 e. The zero-order valence-electron chi connectivity index (χ0n) is 18.5. The van der Waals surface area contributed by atoms with Crippen LogP contribution in [0.3, 0.4) is 0 Å². The van der Waals surface area contributed by atoms with Crippen molar-refractivity contribution in [1.82, 2.24) is 25.2 Å². The highest BCUT2D eigenvalue weighted by Crippen LogP contribution is 2.25. The van der Waals surface area contributed by atoms with E-state index < -0.39 is 11.6 Å². The third kappa shape index (κ3) is 4.41. The Kier molecular flexibility index (Phi) is 6.32. The van der Waals surface area contributed by atoms with Gasteiger partial charge in [0.15, 0.2) is 0 Å². The van der Waals surface area contributed by atoms with E-state index in [9.17, 15) is 13.6 Å². The fourth-order valence-corrected chi connectivity index (χ4v) is 4.14. The molecule has 4 rings (SSSR count). The zero-order valence-corrected chi connectivity index (χ0v) is 18.5. The van der Waals surface area contributed by atoms with Crippen LogP contribution < -0.4 is 5.32 Å². The van der Waals surface area contributed by atoms with Gasteiger partial charge in [-0.3, -0.25) is 4.79 Å². The molecule has 1 aromatic heterocycles. The van der Waals surface area contributed by atoms with Crippen LogP contribution in [-0.2, 0) is 24.3 Å². The highest BCUT2D eigenvalue weighted by molar-refractivity contribution is 5.77. The first-order valence-corrected chi connectivity index (χ1v) is 10.8. The first-order valence-electron chi connectivity index (χ1n) is 10.8. The molecule has 0 aliphatic carbocycles. The zero-order chi connectivity index (χ0) is 22.8. The molecular formula is C24H27F2N5O. The SMILES string of the molecule is CN[C@@H](CC(=O)N1Cc2ccccc2-n2nncc2C1)Cc1cc(F)c(C(C)C)cc1F. The van der Waals surface area contributed by atoms with Crippen molar-refractivity contribution in [3.8, 4) is 5.69 Å². The number of hydrogen-bond acceptors (Lipinski definition) is 4. The number of likely N-dealkylation sites (N-methyl/N-ethyl adjacent to an activating group) is 1. The van der Waals surface area contributed by atoms with Crippen molar-refractivity contribution in [3.05, 3.63) is 76.6 Å². The lowest BCUT2D eigenvalue weighted by molar-refractivity contribution is -0.133. The Labute approximate surface area is 186 Å². The molecule has 0 saturated carbocycles. The summed E-state index contributed by atoms with van der Waals surface area (Å²) in [4.78, 5) is 15.0. The van der Waals surface area contributed by atoms with Gasteiger partial charge >= 0.3 is 0 Å². The fraction of sp³-hybridized carbons (Fsp3) is 0.375. The van der Waals surface area contributed by atoms with E-state index in [-0.39, 0.29) is 36.3 Å². The number of carbonyl (C=O) groups is 1. The van der Waals surface area contributed by atoms with Crippen LogP contribution in [0.1, 0.15) is 48.6 Å². The molecule has 8 heteroatoms. The van der Waals surface area contributed by atoms with Gasteiger partial charge in [0.2, 0.25) is 5.91 Å². The van der Waals surface area contributed by atoms with Crippen LogP contribution in [0.2, 0.25) is 0 Å². The van der Waals surface area contributed by atoms with E-state index in [2.05, 4.69) is 15.6 Å². The molecule has 0 fully saturated rings. The Morgan fingerprint density at radius 1 is 1.16 bits per heavy atom. The van der Waals surface area contributed by atoms with Crippen LogP contribution in [-0.4, -0.2) is 38.9 Å². The molecule has 32 heavy (non-hydrogen) atoms. The Balaban J connectivity index is 1.51. The van der Waals surface area contributed by atoms with Crippen molar-refractivity contribution >= 4 is 5.91 Å². The molecule has 1 atom stereocenters. The number of benzene rings is 2. The van der Waals surface area contributed by atoms with E-state index in [0.29, 0.717) is 18.7 Å². The molecule has 2 aromatic carbocycles. The summed E-state index contributed by atoms with van der Waals surface area (Å²) in [5.74, 6) is -1.04. The van der Waals surface area contributed by atoms with Gasteiger partial charge in [0.05, 0.1) is 24.1 Å². The van der Waals surface area contributed by atoms with E-state index in [0.717, 1.165) is 16.9 Å². The number of amides is 1. The van der Waals surface area contributed by atoms with Gasteiger partial charge in [0.25, 0.3) is 0 Å². The van der Waals surface area contributed by atoms with Gasteiger partial charge < -0.3 is 10.2 Å². The van der Waals surface area contributed by atoms with E-state index in [1.54, 1.807) is 22.8 Å². The molecule has 0 saturated heterocycles. The molecule has 3 aromatic rings. The number of rotatable bonds is 6. The highest BCUT2D eigenvalue weighted by atomic mass is 19.1. The minimum Gasteiger partial charge on any atom is -0.332 e. The quantitative estimate of drug-likeness (QED) is 0.636. The lowest BCUT2D eigenvalue weighted by Gasteiger charge is -2.24. The molecule has 0 bridgehead atoms. The number of halogens is 2. The van der Waals surface area contributed by atoms with Gasteiger partial charge in [0, 0.05) is 19.0 Å². The van der Waals surface area contributed by atoms with Crippen molar-refractivity contribution in [2.24, 2.45) is 0 Å². The Bertz CT molecular complexity index is 1130. The Morgan fingerprint density at radius 3 is 2.69 bits per heavy atom. The Morgan fingerprint density at radius 2 is 1.94 bits per heavy atom. The normalized spacial score (nSPS) is 14.1. The van der Waals surface area contributed by atoms with Crippen LogP contribution in [0, 0.1) is 11.6 Å². The summed E-state index contributed by atoms with van der Waals surface area (Å²) in [5.41, 5.74) is 3.33. The number of nitrogens with zero attached hydrogens (tertiary/aromatic N) is 4. The lowest BCUT2D eigenvalue weighted by Crippen LogP contribution is -2.37. The molecule has 6 nitrogen and oxygen atoms in total. The van der Waals surface area contributed by atoms with Crippen LogP contribution in [0.4, 0.5) is 8.78 Å². The second kappa shape index (κ2) is 9.16. The summed E-state index contributed by atoms with van der Waals surface area (Å²) >= 11 is 0.